The molecule has 4 aromatic rings. The second kappa shape index (κ2) is 9.71. The predicted octanol–water partition coefficient (Wildman–Crippen LogP) is 3.13. The van der Waals surface area contributed by atoms with E-state index in [9.17, 15) is 4.79 Å². The third kappa shape index (κ3) is 4.57. The average Bonchev–Trinajstić information content (AvgIpc) is 3.61. The maximum absolute atomic E-state index is 13.0. The highest BCUT2D eigenvalue weighted by Gasteiger charge is 2.25. The number of carbonyl (C=O) groups excluding carboxylic acids is 1. The van der Waals surface area contributed by atoms with Crippen molar-refractivity contribution in [1.82, 2.24) is 25.1 Å². The molecule has 0 aliphatic carbocycles. The van der Waals surface area contributed by atoms with E-state index in [0.29, 0.717) is 62.4 Å². The molecule has 0 bridgehead atoms. The van der Waals surface area contributed by atoms with E-state index >= 15 is 0 Å². The van der Waals surface area contributed by atoms with Gasteiger partial charge in [-0.1, -0.05) is 29.8 Å². The normalized spacial score (nSPS) is 18.6. The summed E-state index contributed by atoms with van der Waals surface area (Å²) < 4.78 is 41.6. The van der Waals surface area contributed by atoms with Crippen molar-refractivity contribution in [2.45, 2.75) is 25.7 Å². The Kier molecular flexibility index (Phi) is 5.24. The summed E-state index contributed by atoms with van der Waals surface area (Å²) in [6, 6.07) is 8.43. The van der Waals surface area contributed by atoms with Crippen LogP contribution in [0.1, 0.15) is 33.1 Å². The minimum absolute atomic E-state index is 0.0335. The van der Waals surface area contributed by atoms with E-state index in [1.807, 2.05) is 11.0 Å². The Hall–Kier alpha value is -3.76. The van der Waals surface area contributed by atoms with Crippen molar-refractivity contribution < 1.29 is 22.8 Å². The molecule has 0 unspecified atom stereocenters. The molecule has 0 saturated carbocycles. The highest BCUT2D eigenvalue weighted by atomic mass is 16.5. The molecule has 36 heavy (non-hydrogen) atoms. The van der Waals surface area contributed by atoms with E-state index in [1.165, 1.54) is 4.68 Å². The van der Waals surface area contributed by atoms with Crippen molar-refractivity contribution in [2.24, 2.45) is 0 Å². The molecule has 1 amide bonds. The molecule has 3 aromatic heterocycles. The number of furan rings is 1. The smallest absolute Gasteiger partial charge is 0.287 e. The maximum atomic E-state index is 13.0. The quantitative estimate of drug-likeness (QED) is 0.454. The van der Waals surface area contributed by atoms with E-state index < -0.39 is 6.85 Å². The number of aryl methyl sites for hydroxylation is 1. The van der Waals surface area contributed by atoms with Crippen molar-refractivity contribution in [3.63, 3.8) is 0 Å². The summed E-state index contributed by atoms with van der Waals surface area (Å²) in [6.45, 7) is 1.35. The van der Waals surface area contributed by atoms with Gasteiger partial charge in [0.2, 0.25) is 0 Å². The monoisotopic (exact) mass is 491 g/mol. The molecule has 1 N–H and O–H groups in total. The maximum Gasteiger partial charge on any atom is 0.287 e. The van der Waals surface area contributed by atoms with Crippen LogP contribution in [0.15, 0.2) is 47.1 Å². The van der Waals surface area contributed by atoms with Crippen LogP contribution in [0, 0.1) is 6.85 Å². The molecule has 5 heterocycles. The summed E-state index contributed by atoms with van der Waals surface area (Å²) >= 11 is 0. The van der Waals surface area contributed by atoms with Crippen molar-refractivity contribution in [3.8, 4) is 17.1 Å². The Morgan fingerprint density at radius 2 is 1.92 bits per heavy atom. The molecule has 6 rings (SSSR count). The van der Waals surface area contributed by atoms with Crippen LogP contribution in [-0.4, -0.2) is 71.2 Å². The fourth-order valence-electron chi connectivity index (χ4n) is 4.49. The third-order valence-corrected chi connectivity index (χ3v) is 6.42. The number of nitrogens with zero attached hydrogens (tertiary/aromatic N) is 5. The predicted molar refractivity (Wildman–Crippen MR) is 133 cm³/mol. The highest BCUT2D eigenvalue weighted by Crippen LogP contribution is 2.29. The molecule has 1 aromatic carbocycles. The number of benzene rings is 1. The summed E-state index contributed by atoms with van der Waals surface area (Å²) in [5, 5.41) is 7.48. The topological polar surface area (TPSA) is 108 Å². The highest BCUT2D eigenvalue weighted by molar-refractivity contribution is 5.97. The van der Waals surface area contributed by atoms with Gasteiger partial charge in [0.1, 0.15) is 5.52 Å². The van der Waals surface area contributed by atoms with E-state index in [-0.39, 0.29) is 23.3 Å². The molecule has 10 heteroatoms. The Bertz CT molecular complexity index is 1490. The number of aromatic nitrogens is 4. The summed E-state index contributed by atoms with van der Waals surface area (Å²) in [7, 11) is 0. The van der Waals surface area contributed by atoms with E-state index in [0.717, 1.165) is 24.0 Å². The second-order valence-corrected chi connectivity index (χ2v) is 8.89. The van der Waals surface area contributed by atoms with Crippen LogP contribution in [0.4, 0.5) is 5.82 Å². The largest absolute Gasteiger partial charge is 0.445 e. The minimum Gasteiger partial charge on any atom is -0.445 e. The number of amides is 1. The van der Waals surface area contributed by atoms with Crippen LogP contribution in [0.5, 0.6) is 0 Å². The Morgan fingerprint density at radius 3 is 2.75 bits per heavy atom. The van der Waals surface area contributed by atoms with Crippen LogP contribution in [0.3, 0.4) is 0 Å². The van der Waals surface area contributed by atoms with Gasteiger partial charge in [-0.05, 0) is 25.3 Å². The summed E-state index contributed by atoms with van der Waals surface area (Å²) in [5.74, 6) is 0.731. The number of hydrogen-bond acceptors (Lipinski definition) is 8. The van der Waals surface area contributed by atoms with Gasteiger partial charge in [0, 0.05) is 54.3 Å². The lowest BCUT2D eigenvalue weighted by Gasteiger charge is -2.27. The number of anilines is 1. The first-order valence-electron chi connectivity index (χ1n) is 13.5. The molecule has 2 saturated heterocycles. The number of fused-ring (bicyclic) bond motifs is 1. The molecular formula is C26H28N6O4. The zero-order valence-corrected chi connectivity index (χ0v) is 19.6. The van der Waals surface area contributed by atoms with E-state index in [1.54, 1.807) is 36.7 Å². The Morgan fingerprint density at radius 1 is 1.08 bits per heavy atom. The summed E-state index contributed by atoms with van der Waals surface area (Å²) in [6.07, 6.45) is 4.90. The van der Waals surface area contributed by atoms with Crippen molar-refractivity contribution in [3.05, 3.63) is 54.0 Å². The number of ether oxygens (including phenoxy) is 2. The van der Waals surface area contributed by atoms with Crippen LogP contribution in [0.2, 0.25) is 0 Å². The van der Waals surface area contributed by atoms with Gasteiger partial charge in [0.25, 0.3) is 11.9 Å². The molecule has 186 valence electrons. The van der Waals surface area contributed by atoms with E-state index in [4.69, 9.17) is 23.0 Å². The third-order valence-electron chi connectivity index (χ3n) is 6.42. The zero-order chi connectivity index (χ0) is 27.0. The van der Waals surface area contributed by atoms with Gasteiger partial charge < -0.3 is 24.1 Å². The van der Waals surface area contributed by atoms with Gasteiger partial charge >= 0.3 is 0 Å². The SMILES string of the molecule is [2H]C([2H])([2H])c1cccc(-c2cnn(-c3nc(N4CCOCC4)c4oc(C(=O)NC5CCOCC5)cc4n3)c2)c1. The first-order chi connectivity index (χ1) is 18.8. The fourth-order valence-corrected chi connectivity index (χ4v) is 4.49. The number of rotatable bonds is 5. The molecule has 2 fully saturated rings. The van der Waals surface area contributed by atoms with Gasteiger partial charge in [0.15, 0.2) is 17.2 Å². The Labute approximate surface area is 212 Å². The molecule has 2 aliphatic rings. The van der Waals surface area contributed by atoms with Gasteiger partial charge in [-0.3, -0.25) is 4.79 Å². The fraction of sp³-hybridized carbons (Fsp3) is 0.385. The lowest BCUT2D eigenvalue weighted by molar-refractivity contribution is 0.0684. The number of hydrogen-bond donors (Lipinski definition) is 1. The molecular weight excluding hydrogens is 460 g/mol. The van der Waals surface area contributed by atoms with Crippen LogP contribution in [-0.2, 0) is 9.47 Å². The Balaban J connectivity index is 1.36. The van der Waals surface area contributed by atoms with Gasteiger partial charge in [-0.15, -0.1) is 0 Å². The van der Waals surface area contributed by atoms with Gasteiger partial charge in [-0.2, -0.15) is 10.1 Å². The molecule has 0 radical (unpaired) electrons. The number of carbonyl (C=O) groups is 1. The standard InChI is InChI=1S/C26H28N6O4/c1-17-3-2-4-18(13-17)19-15-27-32(16-19)26-29-21-14-22(25(33)28-20-5-9-34-10-6-20)36-23(21)24(30-26)31-7-11-35-12-8-31/h2-4,13-16,20H,5-12H2,1H3,(H,28,33)/i1D3. The molecule has 0 atom stereocenters. The molecule has 10 nitrogen and oxygen atoms in total. The number of morpholine rings is 1. The van der Waals surface area contributed by atoms with Crippen LogP contribution >= 0.6 is 0 Å². The summed E-state index contributed by atoms with van der Waals surface area (Å²) in [5.41, 5.74) is 2.61. The minimum atomic E-state index is -2.21. The second-order valence-electron chi connectivity index (χ2n) is 8.89. The lowest BCUT2D eigenvalue weighted by atomic mass is 10.1. The molecule has 0 spiro atoms. The van der Waals surface area contributed by atoms with Crippen molar-refractivity contribution in [2.75, 3.05) is 44.4 Å². The van der Waals surface area contributed by atoms with Crippen LogP contribution < -0.4 is 10.2 Å². The summed E-state index contributed by atoms with van der Waals surface area (Å²) in [4.78, 5) is 24.5. The average molecular weight is 492 g/mol. The first-order valence-corrected chi connectivity index (χ1v) is 12.0. The lowest BCUT2D eigenvalue weighted by Crippen LogP contribution is -2.38. The van der Waals surface area contributed by atoms with Crippen molar-refractivity contribution in [1.29, 1.82) is 0 Å². The molecule has 2 aliphatic heterocycles. The van der Waals surface area contributed by atoms with E-state index in [2.05, 4.69) is 15.4 Å². The van der Waals surface area contributed by atoms with Crippen LogP contribution in [0.25, 0.3) is 28.2 Å². The van der Waals surface area contributed by atoms with Gasteiger partial charge in [-0.25, -0.2) is 9.67 Å². The zero-order valence-electron chi connectivity index (χ0n) is 22.6. The van der Waals surface area contributed by atoms with Gasteiger partial charge in [0.05, 0.1) is 19.4 Å². The number of nitrogens with one attached hydrogen (secondary N) is 1. The first kappa shape index (κ1) is 19.4. The van der Waals surface area contributed by atoms with Crippen molar-refractivity contribution >= 4 is 22.8 Å².